The molecule has 4 aromatic rings. The van der Waals surface area contributed by atoms with Crippen LogP contribution < -0.4 is 0 Å². The Kier molecular flexibility index (Phi) is 15.9. The summed E-state index contributed by atoms with van der Waals surface area (Å²) in [4.78, 5) is 12.6. The topological polar surface area (TPSA) is 98.5 Å². The van der Waals surface area contributed by atoms with Gasteiger partial charge >= 0.3 is 12.1 Å². The molecule has 0 aliphatic heterocycles. The molecule has 3 atom stereocenters. The number of alkyl halides is 3. The second-order valence-electron chi connectivity index (χ2n) is 16.7. The van der Waals surface area contributed by atoms with E-state index in [4.69, 9.17) is 9.84 Å². The molecule has 0 bridgehead atoms. The Morgan fingerprint density at radius 1 is 0.814 bits per heavy atom. The number of nitrogens with zero attached hydrogens (tertiary/aromatic N) is 2. The van der Waals surface area contributed by atoms with Gasteiger partial charge < -0.3 is 9.84 Å². The van der Waals surface area contributed by atoms with Gasteiger partial charge in [-0.25, -0.2) is 13.1 Å². The predicted molar refractivity (Wildman–Crippen MR) is 228 cm³/mol. The molecule has 59 heavy (non-hydrogen) atoms. The zero-order valence-electron chi connectivity index (χ0n) is 34.5. The number of aromatic nitrogens is 2. The molecular formula is C48H61F3N2O5S. The van der Waals surface area contributed by atoms with Gasteiger partial charge in [0, 0.05) is 31.2 Å². The maximum Gasteiger partial charge on any atom is 0.389 e. The van der Waals surface area contributed by atoms with Gasteiger partial charge in [-0.3, -0.25) is 4.79 Å². The summed E-state index contributed by atoms with van der Waals surface area (Å²) in [7, 11) is -3.91. The minimum Gasteiger partial charge on any atom is -0.481 e. The number of hydrogen-bond donors (Lipinski definition) is 1. The molecule has 1 fully saturated rings. The Balaban J connectivity index is 1.15. The molecule has 1 saturated carbocycles. The predicted octanol–water partition coefficient (Wildman–Crippen LogP) is 12.5. The smallest absolute Gasteiger partial charge is 0.389 e. The van der Waals surface area contributed by atoms with Crippen LogP contribution in [-0.4, -0.2) is 53.4 Å². The highest BCUT2D eigenvalue weighted by Gasteiger charge is 2.46. The zero-order chi connectivity index (χ0) is 41.8. The summed E-state index contributed by atoms with van der Waals surface area (Å²) >= 11 is 0. The number of carboxylic acid groups (broad SMARTS) is 1. The van der Waals surface area contributed by atoms with Crippen LogP contribution in [0.2, 0.25) is 0 Å². The van der Waals surface area contributed by atoms with Gasteiger partial charge in [-0.05, 0) is 90.1 Å². The van der Waals surface area contributed by atoms with Crippen LogP contribution in [0.15, 0.2) is 78.0 Å². The number of carbonyl (C=O) groups is 1. The summed E-state index contributed by atoms with van der Waals surface area (Å²) < 4.78 is 74.6. The third-order valence-corrected chi connectivity index (χ3v) is 14.6. The van der Waals surface area contributed by atoms with Gasteiger partial charge in [-0.2, -0.15) is 18.3 Å². The number of ether oxygens (including phenoxy) is 1. The number of hydrogen-bond acceptors (Lipinski definition) is 5. The van der Waals surface area contributed by atoms with Gasteiger partial charge in [0.25, 0.3) is 0 Å². The van der Waals surface area contributed by atoms with Crippen molar-refractivity contribution in [1.29, 1.82) is 0 Å². The first-order valence-electron chi connectivity index (χ1n) is 22.0. The van der Waals surface area contributed by atoms with E-state index < -0.39 is 45.7 Å². The normalized spacial score (nSPS) is 17.7. The lowest BCUT2D eigenvalue weighted by molar-refractivity contribution is -0.146. The Labute approximate surface area is 348 Å². The van der Waals surface area contributed by atoms with Gasteiger partial charge in [0.1, 0.15) is 0 Å². The van der Waals surface area contributed by atoms with E-state index in [0.29, 0.717) is 25.0 Å². The fourth-order valence-electron chi connectivity index (χ4n) is 9.02. The van der Waals surface area contributed by atoms with Crippen molar-refractivity contribution in [3.63, 3.8) is 0 Å². The number of aliphatic carboxylic acids is 1. The van der Waals surface area contributed by atoms with Crippen molar-refractivity contribution < 1.29 is 36.2 Å². The van der Waals surface area contributed by atoms with Crippen LogP contribution >= 0.6 is 0 Å². The first-order valence-corrected chi connectivity index (χ1v) is 23.5. The molecule has 3 aromatic carbocycles. The second kappa shape index (κ2) is 21.0. The van der Waals surface area contributed by atoms with Crippen LogP contribution in [0.1, 0.15) is 139 Å². The summed E-state index contributed by atoms with van der Waals surface area (Å²) in [6.45, 7) is 2.62. The third kappa shape index (κ3) is 11.9. The van der Waals surface area contributed by atoms with Gasteiger partial charge in [0.05, 0.1) is 34.1 Å². The molecule has 6 rings (SSSR count). The highest BCUT2D eigenvalue weighted by molar-refractivity contribution is 7.92. The largest absolute Gasteiger partial charge is 0.481 e. The molecule has 0 unspecified atom stereocenters. The van der Waals surface area contributed by atoms with Crippen molar-refractivity contribution in [3.05, 3.63) is 89.7 Å². The molecule has 2 aliphatic rings. The average Bonchev–Trinajstić information content (AvgIpc) is 3.97. The number of carboxylic acids is 1. The monoisotopic (exact) mass is 834 g/mol. The number of benzene rings is 3. The van der Waals surface area contributed by atoms with Crippen molar-refractivity contribution in [2.24, 2.45) is 5.92 Å². The average molecular weight is 835 g/mol. The summed E-state index contributed by atoms with van der Waals surface area (Å²) in [6, 6.07) is 20.1. The molecule has 0 saturated heterocycles. The summed E-state index contributed by atoms with van der Waals surface area (Å²) in [5, 5.41) is 14.0. The quantitative estimate of drug-likeness (QED) is 0.0622. The molecule has 0 spiro atoms. The SMILES string of the molecule is CCCCCCCCCCO[C@@H]1C[C@H](S(=O)(=O)c2ccc(-c3cnn(-c4cccc5c4Cc4ccccc4-5)c3)cc2CCCCCCCCCC(F)(F)F)C[C@H]1C(=O)O. The van der Waals surface area contributed by atoms with E-state index in [1.54, 1.807) is 12.3 Å². The van der Waals surface area contributed by atoms with Crippen LogP contribution in [0.25, 0.3) is 27.9 Å². The number of fused-ring (bicyclic) bond motifs is 3. The summed E-state index contributed by atoms with van der Waals surface area (Å²) in [6.07, 6.45) is 13.4. The Bertz CT molecular complexity index is 2100. The molecule has 0 radical (unpaired) electrons. The van der Waals surface area contributed by atoms with Crippen molar-refractivity contribution in [3.8, 4) is 27.9 Å². The highest BCUT2D eigenvalue weighted by atomic mass is 32.2. The second-order valence-corrected chi connectivity index (χ2v) is 18.9. The van der Waals surface area contributed by atoms with E-state index in [9.17, 15) is 31.5 Å². The Hall–Kier alpha value is -3.96. The van der Waals surface area contributed by atoms with Crippen LogP contribution in [-0.2, 0) is 32.2 Å². The van der Waals surface area contributed by atoms with E-state index in [-0.39, 0.29) is 24.2 Å². The summed E-state index contributed by atoms with van der Waals surface area (Å²) in [5.74, 6) is -1.91. The maximum atomic E-state index is 14.5. The molecule has 2 aliphatic carbocycles. The molecule has 1 heterocycles. The standard InChI is InChI=1S/C48H61F3N2O5S/c1-2-3-4-5-6-10-13-18-28-58-45-32-39(31-43(45)47(54)55)59(56,57)46-26-25-35(29-37(46)21-14-11-8-7-9-12-17-27-48(49,50)51)38-33-52-53(34-38)44-24-19-23-41-40-22-16-15-20-36(40)30-42(41)44/h15-16,19-20,22-26,29,33-34,39,43,45H,2-14,17-18,21,27-28,30-32H2,1H3,(H,54,55)/t39-,43-,45-/m1/s1. The van der Waals surface area contributed by atoms with Crippen molar-refractivity contribution in [2.45, 2.75) is 158 Å². The molecular weight excluding hydrogens is 774 g/mol. The molecule has 1 N–H and O–H groups in total. The van der Waals surface area contributed by atoms with E-state index >= 15 is 0 Å². The lowest BCUT2D eigenvalue weighted by Crippen LogP contribution is -2.25. The van der Waals surface area contributed by atoms with Crippen molar-refractivity contribution in [1.82, 2.24) is 9.78 Å². The van der Waals surface area contributed by atoms with Gasteiger partial charge in [0.2, 0.25) is 0 Å². The van der Waals surface area contributed by atoms with Gasteiger partial charge in [-0.15, -0.1) is 0 Å². The summed E-state index contributed by atoms with van der Waals surface area (Å²) in [5.41, 5.74) is 8.30. The van der Waals surface area contributed by atoms with Gasteiger partial charge in [0.15, 0.2) is 9.84 Å². The minimum atomic E-state index is -4.12. The Morgan fingerprint density at radius 2 is 1.49 bits per heavy atom. The molecule has 1 aromatic heterocycles. The van der Waals surface area contributed by atoms with Crippen molar-refractivity contribution >= 4 is 15.8 Å². The van der Waals surface area contributed by atoms with Crippen LogP contribution in [0.5, 0.6) is 0 Å². The van der Waals surface area contributed by atoms with Gasteiger partial charge in [-0.1, -0.05) is 126 Å². The van der Waals surface area contributed by atoms with Crippen molar-refractivity contribution in [2.75, 3.05) is 6.61 Å². The number of sulfone groups is 1. The number of rotatable bonds is 24. The molecule has 320 valence electrons. The van der Waals surface area contributed by atoms with E-state index in [0.717, 1.165) is 74.6 Å². The van der Waals surface area contributed by atoms with E-state index in [2.05, 4.69) is 43.3 Å². The van der Waals surface area contributed by atoms with E-state index in [1.165, 1.54) is 54.4 Å². The zero-order valence-corrected chi connectivity index (χ0v) is 35.3. The highest BCUT2D eigenvalue weighted by Crippen LogP contribution is 2.41. The number of unbranched alkanes of at least 4 members (excludes halogenated alkanes) is 13. The Morgan fingerprint density at radius 3 is 2.22 bits per heavy atom. The van der Waals surface area contributed by atoms with Crippen LogP contribution in [0.4, 0.5) is 13.2 Å². The lowest BCUT2D eigenvalue weighted by atomic mass is 10.0. The van der Waals surface area contributed by atoms with E-state index in [1.807, 2.05) is 29.1 Å². The first kappa shape index (κ1) is 44.6. The maximum absolute atomic E-state index is 14.5. The van der Waals surface area contributed by atoms with Crippen LogP contribution in [0, 0.1) is 5.92 Å². The number of aryl methyl sites for hydroxylation is 1. The van der Waals surface area contributed by atoms with Crippen LogP contribution in [0.3, 0.4) is 0 Å². The molecule has 0 amide bonds. The number of halogens is 3. The fraction of sp³-hybridized carbons (Fsp3) is 0.542. The fourth-order valence-corrected chi connectivity index (χ4v) is 11.1. The lowest BCUT2D eigenvalue weighted by Gasteiger charge is -2.17. The first-order chi connectivity index (χ1) is 28.5. The molecule has 7 nitrogen and oxygen atoms in total. The molecule has 11 heteroatoms. The third-order valence-electron chi connectivity index (χ3n) is 12.3. The minimum absolute atomic E-state index is 0.00727.